The van der Waals surface area contributed by atoms with Crippen LogP contribution >= 0.6 is 11.6 Å². The lowest BCUT2D eigenvalue weighted by atomic mass is 10.0. The minimum Gasteiger partial charge on any atom is -0.378 e. The van der Waals surface area contributed by atoms with Crippen LogP contribution in [0.15, 0.2) is 79.0 Å². The Balaban J connectivity index is 1.34. The van der Waals surface area contributed by atoms with Gasteiger partial charge in [-0.2, -0.15) is 0 Å². The van der Waals surface area contributed by atoms with Crippen molar-refractivity contribution >= 4 is 45.5 Å². The zero-order valence-corrected chi connectivity index (χ0v) is 18.7. The van der Waals surface area contributed by atoms with Gasteiger partial charge in [0.2, 0.25) is 0 Å². The van der Waals surface area contributed by atoms with Crippen molar-refractivity contribution in [3.8, 4) is 11.3 Å². The second-order valence-corrected chi connectivity index (χ2v) is 8.21. The Hall–Kier alpha value is -3.61. The number of aromatic nitrogens is 1. The molecule has 1 fully saturated rings. The van der Waals surface area contributed by atoms with Crippen molar-refractivity contribution in [3.63, 3.8) is 0 Å². The van der Waals surface area contributed by atoms with Crippen LogP contribution in [-0.4, -0.2) is 37.3 Å². The van der Waals surface area contributed by atoms with Crippen molar-refractivity contribution < 1.29 is 9.53 Å². The standard InChI is InChI=1S/C26H23ClN4O2/c27-24-9-8-20(17-23(24)25-22-7-2-1-4-18(22)10-11-28-25)30-26(32)29-19-5-3-6-21(16-19)31-12-14-33-15-13-31/h1-11,16-17H,12-15H2,(H2,29,30,32). The number of hydrogen-bond donors (Lipinski definition) is 2. The lowest BCUT2D eigenvalue weighted by molar-refractivity contribution is 0.122. The second-order valence-electron chi connectivity index (χ2n) is 7.80. The van der Waals surface area contributed by atoms with Gasteiger partial charge in [-0.1, -0.05) is 41.9 Å². The number of benzene rings is 3. The van der Waals surface area contributed by atoms with Gasteiger partial charge in [0.05, 0.1) is 23.9 Å². The number of nitrogens with zero attached hydrogens (tertiary/aromatic N) is 2. The van der Waals surface area contributed by atoms with Crippen LogP contribution in [-0.2, 0) is 4.74 Å². The van der Waals surface area contributed by atoms with Crippen LogP contribution in [0.3, 0.4) is 0 Å². The van der Waals surface area contributed by atoms with Gasteiger partial charge < -0.3 is 20.3 Å². The molecule has 33 heavy (non-hydrogen) atoms. The van der Waals surface area contributed by atoms with E-state index in [4.69, 9.17) is 16.3 Å². The summed E-state index contributed by atoms with van der Waals surface area (Å²) in [5.41, 5.74) is 3.96. The minimum absolute atomic E-state index is 0.326. The molecule has 166 valence electrons. The normalized spacial score (nSPS) is 13.7. The number of fused-ring (bicyclic) bond motifs is 1. The minimum atomic E-state index is -0.326. The van der Waals surface area contributed by atoms with E-state index in [2.05, 4.69) is 20.5 Å². The maximum absolute atomic E-state index is 12.7. The predicted molar refractivity (Wildman–Crippen MR) is 134 cm³/mol. The Morgan fingerprint density at radius 3 is 2.55 bits per heavy atom. The van der Waals surface area contributed by atoms with E-state index in [0.29, 0.717) is 23.9 Å². The van der Waals surface area contributed by atoms with Crippen molar-refractivity contribution in [1.29, 1.82) is 0 Å². The number of pyridine rings is 1. The first-order valence-corrected chi connectivity index (χ1v) is 11.2. The highest BCUT2D eigenvalue weighted by molar-refractivity contribution is 6.33. The smallest absolute Gasteiger partial charge is 0.323 e. The number of nitrogens with one attached hydrogen (secondary N) is 2. The maximum Gasteiger partial charge on any atom is 0.323 e. The maximum atomic E-state index is 12.7. The summed E-state index contributed by atoms with van der Waals surface area (Å²) in [6, 6.07) is 22.9. The zero-order valence-electron chi connectivity index (χ0n) is 17.9. The van der Waals surface area contributed by atoms with Gasteiger partial charge in [-0.05, 0) is 47.9 Å². The molecule has 5 rings (SSSR count). The number of rotatable bonds is 4. The molecule has 1 aliphatic heterocycles. The summed E-state index contributed by atoms with van der Waals surface area (Å²) in [4.78, 5) is 19.5. The molecule has 2 N–H and O–H groups in total. The first kappa shape index (κ1) is 21.2. The average Bonchev–Trinajstić information content (AvgIpc) is 2.85. The molecule has 4 aromatic rings. The SMILES string of the molecule is O=C(Nc1cccc(N2CCOCC2)c1)Nc1ccc(Cl)c(-c2nccc3ccccc23)c1. The van der Waals surface area contributed by atoms with E-state index in [-0.39, 0.29) is 6.03 Å². The quantitative estimate of drug-likeness (QED) is 0.391. The number of amides is 2. The van der Waals surface area contributed by atoms with E-state index >= 15 is 0 Å². The van der Waals surface area contributed by atoms with E-state index in [1.54, 1.807) is 18.3 Å². The van der Waals surface area contributed by atoms with Crippen LogP contribution in [0, 0.1) is 0 Å². The van der Waals surface area contributed by atoms with Crippen LogP contribution in [0.25, 0.3) is 22.0 Å². The van der Waals surface area contributed by atoms with Crippen molar-refractivity contribution in [3.05, 3.63) is 84.0 Å². The van der Waals surface area contributed by atoms with Crippen LogP contribution in [0.4, 0.5) is 21.9 Å². The van der Waals surface area contributed by atoms with E-state index in [1.807, 2.05) is 60.7 Å². The molecule has 0 atom stereocenters. The lowest BCUT2D eigenvalue weighted by Gasteiger charge is -2.29. The molecule has 2 amide bonds. The molecule has 1 saturated heterocycles. The monoisotopic (exact) mass is 458 g/mol. The van der Waals surface area contributed by atoms with Gasteiger partial charge in [-0.3, -0.25) is 4.98 Å². The van der Waals surface area contributed by atoms with Gasteiger partial charge in [0.1, 0.15) is 0 Å². The first-order chi connectivity index (χ1) is 16.2. The van der Waals surface area contributed by atoms with Gasteiger partial charge in [0.15, 0.2) is 0 Å². The number of anilines is 3. The van der Waals surface area contributed by atoms with E-state index in [9.17, 15) is 4.79 Å². The van der Waals surface area contributed by atoms with Crippen LogP contribution < -0.4 is 15.5 Å². The number of carbonyl (C=O) groups is 1. The van der Waals surface area contributed by atoms with Crippen LogP contribution in [0.1, 0.15) is 0 Å². The Morgan fingerprint density at radius 1 is 0.909 bits per heavy atom. The molecule has 0 aliphatic carbocycles. The third-order valence-electron chi connectivity index (χ3n) is 5.63. The van der Waals surface area contributed by atoms with Crippen LogP contribution in [0.5, 0.6) is 0 Å². The molecular weight excluding hydrogens is 436 g/mol. The summed E-state index contributed by atoms with van der Waals surface area (Å²) in [7, 11) is 0. The molecule has 2 heterocycles. The second kappa shape index (κ2) is 9.48. The number of hydrogen-bond acceptors (Lipinski definition) is 4. The first-order valence-electron chi connectivity index (χ1n) is 10.8. The molecule has 0 unspecified atom stereocenters. The largest absolute Gasteiger partial charge is 0.378 e. The van der Waals surface area contributed by atoms with Gasteiger partial charge in [0.25, 0.3) is 0 Å². The van der Waals surface area contributed by atoms with Gasteiger partial charge in [-0.15, -0.1) is 0 Å². The predicted octanol–water partition coefficient (Wildman–Crippen LogP) is 6.04. The van der Waals surface area contributed by atoms with Crippen molar-refractivity contribution in [2.24, 2.45) is 0 Å². The van der Waals surface area contributed by atoms with Crippen molar-refractivity contribution in [1.82, 2.24) is 4.98 Å². The lowest BCUT2D eigenvalue weighted by Crippen LogP contribution is -2.36. The summed E-state index contributed by atoms with van der Waals surface area (Å²) < 4.78 is 5.42. The fraction of sp³-hybridized carbons (Fsp3) is 0.154. The Bertz CT molecular complexity index is 1300. The molecule has 0 radical (unpaired) electrons. The molecule has 1 aromatic heterocycles. The Labute approximate surface area is 197 Å². The van der Waals surface area contributed by atoms with Crippen molar-refractivity contribution in [2.45, 2.75) is 0 Å². The fourth-order valence-electron chi connectivity index (χ4n) is 4.01. The fourth-order valence-corrected chi connectivity index (χ4v) is 4.22. The molecule has 0 saturated carbocycles. The molecule has 0 bridgehead atoms. The topological polar surface area (TPSA) is 66.5 Å². The third-order valence-corrected chi connectivity index (χ3v) is 5.96. The molecule has 1 aliphatic rings. The Kier molecular flexibility index (Phi) is 6.11. The molecule has 6 nitrogen and oxygen atoms in total. The Morgan fingerprint density at radius 2 is 1.70 bits per heavy atom. The molecular formula is C26H23ClN4O2. The van der Waals surface area contributed by atoms with E-state index < -0.39 is 0 Å². The van der Waals surface area contributed by atoms with Gasteiger partial charge >= 0.3 is 6.03 Å². The van der Waals surface area contributed by atoms with Gasteiger partial charge in [-0.25, -0.2) is 4.79 Å². The summed E-state index contributed by atoms with van der Waals surface area (Å²) in [6.07, 6.45) is 1.77. The van der Waals surface area contributed by atoms with Gasteiger partial charge in [0, 0.05) is 47.3 Å². The number of carbonyl (C=O) groups excluding carboxylic acids is 1. The molecule has 3 aromatic carbocycles. The third kappa shape index (κ3) is 4.77. The summed E-state index contributed by atoms with van der Waals surface area (Å²) in [5.74, 6) is 0. The molecule has 0 spiro atoms. The molecule has 7 heteroatoms. The highest BCUT2D eigenvalue weighted by Crippen LogP contribution is 2.33. The highest BCUT2D eigenvalue weighted by Gasteiger charge is 2.13. The number of halogens is 1. The van der Waals surface area contributed by atoms with Crippen LogP contribution in [0.2, 0.25) is 5.02 Å². The number of ether oxygens (including phenoxy) is 1. The van der Waals surface area contributed by atoms with E-state index in [0.717, 1.165) is 46.5 Å². The average molecular weight is 459 g/mol. The van der Waals surface area contributed by atoms with Crippen molar-refractivity contribution in [2.75, 3.05) is 41.8 Å². The highest BCUT2D eigenvalue weighted by atomic mass is 35.5. The van der Waals surface area contributed by atoms with E-state index in [1.165, 1.54) is 0 Å². The summed E-state index contributed by atoms with van der Waals surface area (Å²) in [5, 5.41) is 8.48. The summed E-state index contributed by atoms with van der Waals surface area (Å²) in [6.45, 7) is 3.10. The number of urea groups is 1. The number of morpholine rings is 1. The summed E-state index contributed by atoms with van der Waals surface area (Å²) >= 11 is 6.51. The zero-order chi connectivity index (χ0) is 22.6.